The Morgan fingerprint density at radius 3 is 2.38 bits per heavy atom. The summed E-state index contributed by atoms with van der Waals surface area (Å²) in [6.45, 7) is 2.28. The lowest BCUT2D eigenvalue weighted by molar-refractivity contribution is 0.0945. The molecule has 2 N–H and O–H groups in total. The molecule has 0 bridgehead atoms. The van der Waals surface area contributed by atoms with Crippen LogP contribution in [-0.4, -0.2) is 35.2 Å². The molecular formula is C18H21N5O. The van der Waals surface area contributed by atoms with E-state index in [1.54, 1.807) is 12.1 Å². The predicted octanol–water partition coefficient (Wildman–Crippen LogP) is 2.71. The molecule has 0 atom stereocenters. The van der Waals surface area contributed by atoms with Gasteiger partial charge in [-0.25, -0.2) is 0 Å². The average molecular weight is 323 g/mol. The Morgan fingerprint density at radius 2 is 1.75 bits per heavy atom. The van der Waals surface area contributed by atoms with Crippen molar-refractivity contribution in [1.82, 2.24) is 15.5 Å². The second-order valence-electron chi connectivity index (χ2n) is 6.42. The molecule has 2 aliphatic rings. The van der Waals surface area contributed by atoms with Crippen molar-refractivity contribution >= 4 is 23.1 Å². The molecule has 1 aromatic carbocycles. The quantitative estimate of drug-likeness (QED) is 0.885. The summed E-state index contributed by atoms with van der Waals surface area (Å²) in [4.78, 5) is 14.3. The van der Waals surface area contributed by atoms with E-state index in [0.717, 1.165) is 31.6 Å². The Balaban J connectivity index is 1.38. The molecule has 1 aliphatic heterocycles. The Hall–Kier alpha value is -2.63. The number of anilines is 3. The third kappa shape index (κ3) is 3.48. The van der Waals surface area contributed by atoms with Gasteiger partial charge in [0, 0.05) is 30.5 Å². The Labute approximate surface area is 141 Å². The lowest BCUT2D eigenvalue weighted by Crippen LogP contribution is -2.26. The van der Waals surface area contributed by atoms with Crippen molar-refractivity contribution in [3.63, 3.8) is 0 Å². The highest BCUT2D eigenvalue weighted by Crippen LogP contribution is 2.23. The monoisotopic (exact) mass is 323 g/mol. The van der Waals surface area contributed by atoms with Crippen molar-refractivity contribution in [2.75, 3.05) is 23.3 Å². The molecule has 2 fully saturated rings. The number of hydrogen-bond acceptors (Lipinski definition) is 5. The molecule has 1 aromatic heterocycles. The van der Waals surface area contributed by atoms with Gasteiger partial charge >= 0.3 is 0 Å². The largest absolute Gasteiger partial charge is 0.372 e. The molecule has 1 aliphatic carbocycles. The summed E-state index contributed by atoms with van der Waals surface area (Å²) >= 11 is 0. The number of rotatable bonds is 5. The highest BCUT2D eigenvalue weighted by Gasteiger charge is 2.24. The van der Waals surface area contributed by atoms with Gasteiger partial charge in [0.05, 0.1) is 0 Å². The van der Waals surface area contributed by atoms with Crippen LogP contribution in [0.25, 0.3) is 0 Å². The van der Waals surface area contributed by atoms with Crippen LogP contribution in [0.5, 0.6) is 0 Å². The minimum atomic E-state index is -0.147. The van der Waals surface area contributed by atoms with E-state index in [1.807, 2.05) is 12.1 Å². The van der Waals surface area contributed by atoms with Crippen molar-refractivity contribution < 1.29 is 4.79 Å². The van der Waals surface area contributed by atoms with Crippen LogP contribution in [0.2, 0.25) is 0 Å². The van der Waals surface area contributed by atoms with Crippen LogP contribution >= 0.6 is 0 Å². The fraction of sp³-hybridized carbons (Fsp3) is 0.389. The highest BCUT2D eigenvalue weighted by molar-refractivity contribution is 5.92. The van der Waals surface area contributed by atoms with E-state index < -0.39 is 0 Å². The number of carbonyl (C=O) groups excluding carboxylic acids is 1. The maximum Gasteiger partial charge on any atom is 0.272 e. The van der Waals surface area contributed by atoms with E-state index in [0.29, 0.717) is 17.6 Å². The van der Waals surface area contributed by atoms with Gasteiger partial charge in [0.2, 0.25) is 0 Å². The smallest absolute Gasteiger partial charge is 0.272 e. The minimum Gasteiger partial charge on any atom is -0.372 e. The first-order valence-corrected chi connectivity index (χ1v) is 8.54. The van der Waals surface area contributed by atoms with Crippen LogP contribution < -0.4 is 15.5 Å². The minimum absolute atomic E-state index is 0.147. The van der Waals surface area contributed by atoms with Gasteiger partial charge in [-0.1, -0.05) is 0 Å². The van der Waals surface area contributed by atoms with E-state index in [9.17, 15) is 4.79 Å². The molecule has 2 heterocycles. The van der Waals surface area contributed by atoms with Crippen LogP contribution in [0.15, 0.2) is 36.4 Å². The van der Waals surface area contributed by atoms with Crippen molar-refractivity contribution in [2.45, 2.75) is 31.7 Å². The molecule has 24 heavy (non-hydrogen) atoms. The summed E-state index contributed by atoms with van der Waals surface area (Å²) in [6.07, 6.45) is 4.67. The van der Waals surface area contributed by atoms with Crippen molar-refractivity contribution in [3.05, 3.63) is 42.1 Å². The molecule has 4 rings (SSSR count). The van der Waals surface area contributed by atoms with Crippen LogP contribution in [0.3, 0.4) is 0 Å². The predicted molar refractivity (Wildman–Crippen MR) is 93.7 cm³/mol. The second kappa shape index (κ2) is 6.47. The van der Waals surface area contributed by atoms with Crippen LogP contribution in [-0.2, 0) is 0 Å². The van der Waals surface area contributed by atoms with Gasteiger partial charge in [-0.05, 0) is 62.1 Å². The molecule has 0 spiro atoms. The number of aromatic nitrogens is 2. The molecule has 1 saturated heterocycles. The van der Waals surface area contributed by atoms with Crippen LogP contribution in [0, 0.1) is 0 Å². The number of hydrogen-bond donors (Lipinski definition) is 2. The standard InChI is InChI=1S/C18H21N5O/c24-18(20-14-3-4-14)16-9-10-17(22-21-16)19-13-5-7-15(8-6-13)23-11-1-2-12-23/h5-10,14H,1-4,11-12H2,(H,19,22)(H,20,24). The molecule has 0 radical (unpaired) electrons. The first-order valence-electron chi connectivity index (χ1n) is 8.54. The van der Waals surface area contributed by atoms with Crippen molar-refractivity contribution in [3.8, 4) is 0 Å². The van der Waals surface area contributed by atoms with E-state index in [1.165, 1.54) is 18.5 Å². The number of nitrogens with zero attached hydrogens (tertiary/aromatic N) is 3. The fourth-order valence-corrected chi connectivity index (χ4v) is 2.89. The van der Waals surface area contributed by atoms with Gasteiger partial charge in [-0.2, -0.15) is 0 Å². The summed E-state index contributed by atoms with van der Waals surface area (Å²) in [7, 11) is 0. The molecule has 1 amide bonds. The van der Waals surface area contributed by atoms with Crippen molar-refractivity contribution in [2.24, 2.45) is 0 Å². The lowest BCUT2D eigenvalue weighted by atomic mass is 10.2. The molecule has 124 valence electrons. The summed E-state index contributed by atoms with van der Waals surface area (Å²) in [5.74, 6) is 0.485. The normalized spacial score (nSPS) is 16.9. The number of benzene rings is 1. The maximum atomic E-state index is 11.9. The van der Waals surface area contributed by atoms with Crippen molar-refractivity contribution in [1.29, 1.82) is 0 Å². The van der Waals surface area contributed by atoms with Crippen LogP contribution in [0.4, 0.5) is 17.2 Å². The van der Waals surface area contributed by atoms with Gasteiger partial charge in [-0.15, -0.1) is 10.2 Å². The SMILES string of the molecule is O=C(NC1CC1)c1ccc(Nc2ccc(N3CCCC3)cc2)nn1. The van der Waals surface area contributed by atoms with Gasteiger partial charge < -0.3 is 15.5 Å². The molecular weight excluding hydrogens is 302 g/mol. The van der Waals surface area contributed by atoms with E-state index >= 15 is 0 Å². The lowest BCUT2D eigenvalue weighted by Gasteiger charge is -2.17. The zero-order chi connectivity index (χ0) is 16.4. The topological polar surface area (TPSA) is 70.2 Å². The summed E-state index contributed by atoms with van der Waals surface area (Å²) in [6, 6.07) is 12.1. The van der Waals surface area contributed by atoms with E-state index in [2.05, 4.69) is 37.9 Å². The summed E-state index contributed by atoms with van der Waals surface area (Å²) < 4.78 is 0. The molecule has 6 heteroatoms. The van der Waals surface area contributed by atoms with Gasteiger partial charge in [0.1, 0.15) is 0 Å². The zero-order valence-electron chi connectivity index (χ0n) is 13.5. The molecule has 6 nitrogen and oxygen atoms in total. The summed E-state index contributed by atoms with van der Waals surface area (Å²) in [5.41, 5.74) is 2.58. The third-order valence-electron chi connectivity index (χ3n) is 4.42. The Bertz CT molecular complexity index is 703. The summed E-state index contributed by atoms with van der Waals surface area (Å²) in [5, 5.41) is 14.2. The second-order valence-corrected chi connectivity index (χ2v) is 6.42. The van der Waals surface area contributed by atoms with Gasteiger partial charge in [-0.3, -0.25) is 4.79 Å². The van der Waals surface area contributed by atoms with Gasteiger partial charge in [0.25, 0.3) is 5.91 Å². The number of carbonyl (C=O) groups is 1. The Kier molecular flexibility index (Phi) is 4.02. The number of amides is 1. The molecule has 1 saturated carbocycles. The third-order valence-corrected chi connectivity index (χ3v) is 4.42. The zero-order valence-corrected chi connectivity index (χ0v) is 13.5. The maximum absolute atomic E-state index is 11.9. The average Bonchev–Trinajstić information content (AvgIpc) is 3.25. The van der Waals surface area contributed by atoms with E-state index in [4.69, 9.17) is 0 Å². The molecule has 0 unspecified atom stereocenters. The van der Waals surface area contributed by atoms with Crippen LogP contribution in [0.1, 0.15) is 36.2 Å². The number of nitrogens with one attached hydrogen (secondary N) is 2. The molecule has 2 aromatic rings. The highest BCUT2D eigenvalue weighted by atomic mass is 16.2. The Morgan fingerprint density at radius 1 is 1.00 bits per heavy atom. The first-order chi connectivity index (χ1) is 11.8. The fourth-order valence-electron chi connectivity index (χ4n) is 2.89. The van der Waals surface area contributed by atoms with Gasteiger partial charge in [0.15, 0.2) is 11.5 Å². The van der Waals surface area contributed by atoms with E-state index in [-0.39, 0.29) is 5.91 Å². The first kappa shape index (κ1) is 14.9.